The average Bonchev–Trinajstić information content (AvgIpc) is 3.27. The van der Waals surface area contributed by atoms with E-state index in [1.54, 1.807) is 44.6 Å². The van der Waals surface area contributed by atoms with Crippen molar-refractivity contribution in [1.29, 1.82) is 0 Å². The summed E-state index contributed by atoms with van der Waals surface area (Å²) < 4.78 is 0. The summed E-state index contributed by atoms with van der Waals surface area (Å²) in [6, 6.07) is 0. The zero-order valence-corrected chi connectivity index (χ0v) is 19.4. The molecule has 6 aliphatic rings. The third-order valence-electron chi connectivity index (χ3n) is 7.52. The van der Waals surface area contributed by atoms with E-state index in [2.05, 4.69) is 12.8 Å². The molecule has 0 N–H and O–H groups in total. The van der Waals surface area contributed by atoms with Crippen molar-refractivity contribution >= 4 is 0 Å². The van der Waals surface area contributed by atoms with E-state index in [-0.39, 0.29) is 26.2 Å². The average molecular weight is 438 g/mol. The number of rotatable bonds is 0. The van der Waals surface area contributed by atoms with Crippen molar-refractivity contribution in [3.05, 3.63) is 57.4 Å². The van der Waals surface area contributed by atoms with Gasteiger partial charge < -0.3 is 0 Å². The van der Waals surface area contributed by atoms with E-state index < -0.39 is 0 Å². The van der Waals surface area contributed by atoms with Crippen molar-refractivity contribution in [2.45, 2.75) is 103 Å². The molecule has 0 aromatic carbocycles. The Hall–Kier alpha value is -0.417. The number of allylic oxidation sites excluding steroid dienone is 8. The first-order valence-electron chi connectivity index (χ1n) is 11.4. The van der Waals surface area contributed by atoms with Crippen molar-refractivity contribution in [2.24, 2.45) is 0 Å². The second-order valence-electron chi connectivity index (χ2n) is 9.13. The van der Waals surface area contributed by atoms with Crippen LogP contribution < -0.4 is 0 Å². The summed E-state index contributed by atoms with van der Waals surface area (Å²) in [6.07, 6.45) is 27.2. The van der Waals surface area contributed by atoms with Gasteiger partial charge in [-0.05, 0) is 51.4 Å². The topological polar surface area (TPSA) is 0 Å². The third-order valence-corrected chi connectivity index (χ3v) is 7.52. The maximum atomic E-state index is 2.50. The fraction of sp³-hybridized carbons (Fsp3) is 0.615. The fourth-order valence-corrected chi connectivity index (χ4v) is 6.24. The molecule has 0 fully saturated rings. The Morgan fingerprint density at radius 3 is 1.33 bits per heavy atom. The molecular formula is C26H34Zr. The second-order valence-corrected chi connectivity index (χ2v) is 9.13. The molecule has 0 aromatic heterocycles. The predicted molar refractivity (Wildman–Crippen MR) is 111 cm³/mol. The summed E-state index contributed by atoms with van der Waals surface area (Å²) in [5.41, 5.74) is 14.1. The van der Waals surface area contributed by atoms with Crippen molar-refractivity contribution < 1.29 is 26.2 Å². The molecule has 0 amide bonds. The standard InChI is InChI=1S/2C13H17.Zr/c2*1-3-7-12-10(5-1)9-11-6-2-4-8-13(11)12;/h2*5H,1-4,6-9H2;/q2*-1;+2. The zero-order valence-electron chi connectivity index (χ0n) is 17.0. The van der Waals surface area contributed by atoms with Crippen molar-refractivity contribution in [3.8, 4) is 0 Å². The first kappa shape index (κ1) is 19.9. The van der Waals surface area contributed by atoms with Crippen molar-refractivity contribution in [2.75, 3.05) is 0 Å². The molecule has 0 unspecified atom stereocenters. The Labute approximate surface area is 185 Å². The molecule has 6 rings (SSSR count). The summed E-state index contributed by atoms with van der Waals surface area (Å²) in [4.78, 5) is 0. The molecule has 0 atom stereocenters. The van der Waals surface area contributed by atoms with E-state index in [1.807, 2.05) is 0 Å². The van der Waals surface area contributed by atoms with Gasteiger partial charge >= 0.3 is 26.2 Å². The van der Waals surface area contributed by atoms with Gasteiger partial charge in [-0.1, -0.05) is 49.7 Å². The van der Waals surface area contributed by atoms with E-state index in [0.29, 0.717) is 0 Å². The Morgan fingerprint density at radius 1 is 0.444 bits per heavy atom. The van der Waals surface area contributed by atoms with Crippen LogP contribution >= 0.6 is 0 Å². The minimum Gasteiger partial charge on any atom is -0.226 e. The zero-order chi connectivity index (χ0) is 17.3. The van der Waals surface area contributed by atoms with E-state index in [4.69, 9.17) is 0 Å². The Bertz CT molecular complexity index is 590. The minimum atomic E-state index is 0. The molecule has 0 aliphatic heterocycles. The van der Waals surface area contributed by atoms with Crippen LogP contribution in [0.5, 0.6) is 0 Å². The Balaban J connectivity index is 0.000000129. The molecular weight excluding hydrogens is 404 g/mol. The number of hydrogen-bond acceptors (Lipinski definition) is 0. The summed E-state index contributed by atoms with van der Waals surface area (Å²) in [6.45, 7) is 0. The van der Waals surface area contributed by atoms with Gasteiger partial charge in [0.05, 0.1) is 0 Å². The van der Waals surface area contributed by atoms with Crippen LogP contribution in [0.2, 0.25) is 0 Å². The first-order valence-corrected chi connectivity index (χ1v) is 11.4. The van der Waals surface area contributed by atoms with Gasteiger partial charge in [0.2, 0.25) is 0 Å². The normalized spacial score (nSPS) is 26.1. The molecule has 0 nitrogen and oxygen atoms in total. The van der Waals surface area contributed by atoms with E-state index in [1.165, 1.54) is 103 Å². The molecule has 0 aromatic rings. The summed E-state index contributed by atoms with van der Waals surface area (Å²) >= 11 is 0. The smallest absolute Gasteiger partial charge is 0.226 e. The van der Waals surface area contributed by atoms with Crippen LogP contribution in [0.1, 0.15) is 103 Å². The fourth-order valence-electron chi connectivity index (χ4n) is 6.24. The van der Waals surface area contributed by atoms with Crippen LogP contribution in [0.3, 0.4) is 0 Å². The largest absolute Gasteiger partial charge is 2.00 e. The van der Waals surface area contributed by atoms with Gasteiger partial charge in [-0.15, -0.1) is 24.0 Å². The molecule has 142 valence electrons. The maximum absolute atomic E-state index is 2.50. The van der Waals surface area contributed by atoms with E-state index >= 15 is 0 Å². The molecule has 0 radical (unpaired) electrons. The first-order chi connectivity index (χ1) is 12.9. The Kier molecular flexibility index (Phi) is 6.58. The maximum Gasteiger partial charge on any atom is 2.00 e. The monoisotopic (exact) mass is 436 g/mol. The van der Waals surface area contributed by atoms with Gasteiger partial charge in [0.1, 0.15) is 0 Å². The van der Waals surface area contributed by atoms with Gasteiger partial charge in [0, 0.05) is 0 Å². The van der Waals surface area contributed by atoms with Crippen molar-refractivity contribution in [1.82, 2.24) is 0 Å². The molecule has 0 heterocycles. The molecule has 0 bridgehead atoms. The SMILES string of the molecule is [CH-]1CCCC2=C1CC1=C2CCCC1.[CH-]1CCCC2=C1CC1=C2CCCC1.[Zr+2]. The summed E-state index contributed by atoms with van der Waals surface area (Å²) in [5, 5.41) is 0. The van der Waals surface area contributed by atoms with Crippen LogP contribution in [-0.4, -0.2) is 0 Å². The molecule has 6 aliphatic carbocycles. The van der Waals surface area contributed by atoms with Gasteiger partial charge in [-0.25, -0.2) is 24.0 Å². The van der Waals surface area contributed by atoms with Gasteiger partial charge in [0.25, 0.3) is 0 Å². The van der Waals surface area contributed by atoms with Crippen LogP contribution in [-0.2, 0) is 26.2 Å². The minimum absolute atomic E-state index is 0. The second kappa shape index (κ2) is 8.94. The van der Waals surface area contributed by atoms with Crippen LogP contribution in [0, 0.1) is 12.8 Å². The van der Waals surface area contributed by atoms with E-state index in [0.717, 1.165) is 0 Å². The van der Waals surface area contributed by atoms with E-state index in [9.17, 15) is 0 Å². The number of hydrogen-bond donors (Lipinski definition) is 0. The van der Waals surface area contributed by atoms with Crippen LogP contribution in [0.4, 0.5) is 0 Å². The van der Waals surface area contributed by atoms with Crippen molar-refractivity contribution in [3.63, 3.8) is 0 Å². The molecule has 0 saturated heterocycles. The quantitative estimate of drug-likeness (QED) is 0.338. The molecule has 1 heteroatoms. The molecule has 27 heavy (non-hydrogen) atoms. The predicted octanol–water partition coefficient (Wildman–Crippen LogP) is 7.89. The van der Waals surface area contributed by atoms with Gasteiger partial charge in [-0.2, -0.15) is 11.1 Å². The molecule has 0 spiro atoms. The van der Waals surface area contributed by atoms with Gasteiger partial charge in [-0.3, -0.25) is 0 Å². The number of fused-ring (bicyclic) bond motifs is 2. The van der Waals surface area contributed by atoms with Crippen LogP contribution in [0.15, 0.2) is 44.6 Å². The molecule has 0 saturated carbocycles. The van der Waals surface area contributed by atoms with Crippen LogP contribution in [0.25, 0.3) is 0 Å². The third kappa shape index (κ3) is 4.01. The Morgan fingerprint density at radius 2 is 0.852 bits per heavy atom. The van der Waals surface area contributed by atoms with Gasteiger partial charge in [0.15, 0.2) is 0 Å². The summed E-state index contributed by atoms with van der Waals surface area (Å²) in [5.74, 6) is 0. The summed E-state index contributed by atoms with van der Waals surface area (Å²) in [7, 11) is 0.